The molecule has 8 nitrogen and oxygen atoms in total. The lowest BCUT2D eigenvalue weighted by Crippen LogP contribution is -2.49. The summed E-state index contributed by atoms with van der Waals surface area (Å²) in [4.78, 5) is 15.7. The lowest BCUT2D eigenvalue weighted by atomic mass is 9.68. The van der Waals surface area contributed by atoms with E-state index in [1.807, 2.05) is 18.2 Å². The van der Waals surface area contributed by atoms with Gasteiger partial charge in [-0.3, -0.25) is 4.79 Å². The molecule has 10 heteroatoms. The average Bonchev–Trinajstić information content (AvgIpc) is 3.12. The maximum atomic E-state index is 13.4. The number of sulfonamides is 1. The number of hydrogen-bond donors (Lipinski definition) is 2. The molecule has 43 heavy (non-hydrogen) atoms. The fourth-order valence-electron chi connectivity index (χ4n) is 7.51. The van der Waals surface area contributed by atoms with Crippen molar-refractivity contribution in [3.63, 3.8) is 0 Å². The zero-order chi connectivity index (χ0) is 30.4. The van der Waals surface area contributed by atoms with Crippen LogP contribution in [0.3, 0.4) is 0 Å². The van der Waals surface area contributed by atoms with Crippen LogP contribution in [0.1, 0.15) is 60.5 Å². The minimum atomic E-state index is -3.99. The maximum absolute atomic E-state index is 13.4. The molecule has 0 radical (unpaired) electrons. The summed E-state index contributed by atoms with van der Waals surface area (Å²) in [6.07, 6.45) is 8.95. The van der Waals surface area contributed by atoms with Gasteiger partial charge in [0.2, 0.25) is 10.0 Å². The molecule has 2 bridgehead atoms. The third-order valence-electron chi connectivity index (χ3n) is 10.1. The van der Waals surface area contributed by atoms with Gasteiger partial charge >= 0.3 is 0 Å². The molecular formula is C33H41ClN2O6S. The summed E-state index contributed by atoms with van der Waals surface area (Å²) < 4.78 is 41.1. The second-order valence-corrected chi connectivity index (χ2v) is 15.4. The topological polar surface area (TPSA) is 105 Å². The Morgan fingerprint density at radius 3 is 2.77 bits per heavy atom. The number of aliphatic hydroxyl groups excluding tert-OH is 1. The minimum absolute atomic E-state index is 0.145. The van der Waals surface area contributed by atoms with E-state index >= 15 is 0 Å². The van der Waals surface area contributed by atoms with E-state index in [9.17, 15) is 18.3 Å². The second kappa shape index (κ2) is 12.1. The molecule has 1 fully saturated rings. The van der Waals surface area contributed by atoms with Gasteiger partial charge in [0.05, 0.1) is 23.6 Å². The van der Waals surface area contributed by atoms with Crippen molar-refractivity contribution in [2.45, 2.75) is 62.2 Å². The number of carbonyl (C=O) groups is 1. The minimum Gasteiger partial charge on any atom is -0.490 e. The average molecular weight is 629 g/mol. The van der Waals surface area contributed by atoms with E-state index in [-0.39, 0.29) is 41.9 Å². The number of anilines is 1. The van der Waals surface area contributed by atoms with E-state index in [0.717, 1.165) is 49.4 Å². The molecule has 1 saturated carbocycles. The van der Waals surface area contributed by atoms with Gasteiger partial charge in [0, 0.05) is 48.7 Å². The Morgan fingerprint density at radius 2 is 2.02 bits per heavy atom. The van der Waals surface area contributed by atoms with Crippen molar-refractivity contribution >= 4 is 33.2 Å². The van der Waals surface area contributed by atoms with Crippen LogP contribution in [0.25, 0.3) is 0 Å². The summed E-state index contributed by atoms with van der Waals surface area (Å²) in [5.74, 6) is 0.275. The highest BCUT2D eigenvalue weighted by molar-refractivity contribution is 7.90. The molecule has 1 amide bonds. The Morgan fingerprint density at radius 1 is 1.19 bits per heavy atom. The lowest BCUT2D eigenvalue weighted by Gasteiger charge is -2.46. The molecule has 0 unspecified atom stereocenters. The molecule has 2 aromatic rings. The van der Waals surface area contributed by atoms with Gasteiger partial charge in [-0.15, -0.1) is 0 Å². The number of aryl methyl sites for hydroxylation is 1. The zero-order valence-corrected chi connectivity index (χ0v) is 26.4. The van der Waals surface area contributed by atoms with Crippen LogP contribution in [0.2, 0.25) is 5.02 Å². The predicted octanol–water partition coefficient (Wildman–Crippen LogP) is 4.87. The summed E-state index contributed by atoms with van der Waals surface area (Å²) in [6.45, 7) is 3.33. The van der Waals surface area contributed by atoms with Gasteiger partial charge in [-0.05, 0) is 98.7 Å². The molecule has 0 saturated heterocycles. The van der Waals surface area contributed by atoms with Crippen molar-refractivity contribution in [2.24, 2.45) is 17.8 Å². The number of nitrogens with zero attached hydrogens (tertiary/aromatic N) is 1. The van der Waals surface area contributed by atoms with Gasteiger partial charge < -0.3 is 19.5 Å². The number of ether oxygens (including phenoxy) is 2. The number of rotatable bonds is 2. The molecule has 2 aromatic carbocycles. The molecule has 6 rings (SSSR count). The molecule has 0 aromatic heterocycles. The van der Waals surface area contributed by atoms with E-state index in [1.165, 1.54) is 11.1 Å². The van der Waals surface area contributed by atoms with Gasteiger partial charge in [-0.25, -0.2) is 13.1 Å². The molecule has 2 aliphatic carbocycles. The highest BCUT2D eigenvalue weighted by Crippen LogP contribution is 2.47. The third kappa shape index (κ3) is 5.93. The van der Waals surface area contributed by atoms with Crippen molar-refractivity contribution < 1.29 is 27.8 Å². The molecule has 2 N–H and O–H groups in total. The second-order valence-electron chi connectivity index (χ2n) is 12.8. The Labute approximate surface area is 259 Å². The molecule has 2 heterocycles. The van der Waals surface area contributed by atoms with E-state index in [4.69, 9.17) is 21.1 Å². The zero-order valence-electron chi connectivity index (χ0n) is 24.8. The quantitative estimate of drug-likeness (QED) is 0.457. The summed E-state index contributed by atoms with van der Waals surface area (Å²) in [5.41, 5.74) is 3.33. The molecule has 232 valence electrons. The highest BCUT2D eigenvalue weighted by atomic mass is 35.5. The van der Waals surface area contributed by atoms with Crippen molar-refractivity contribution in [2.75, 3.05) is 38.3 Å². The summed E-state index contributed by atoms with van der Waals surface area (Å²) in [7, 11) is -2.28. The van der Waals surface area contributed by atoms with Gasteiger partial charge in [0.1, 0.15) is 5.75 Å². The molecule has 4 aliphatic rings. The first-order chi connectivity index (χ1) is 20.6. The first-order valence-corrected chi connectivity index (χ1v) is 17.2. The number of benzene rings is 2. The first kappa shape index (κ1) is 30.4. The summed E-state index contributed by atoms with van der Waals surface area (Å²) >= 11 is 6.40. The van der Waals surface area contributed by atoms with Crippen LogP contribution in [-0.4, -0.2) is 64.2 Å². The van der Waals surface area contributed by atoms with Crippen LogP contribution in [0.15, 0.2) is 48.6 Å². The van der Waals surface area contributed by atoms with Crippen LogP contribution in [0, 0.1) is 17.8 Å². The fourth-order valence-corrected chi connectivity index (χ4v) is 8.78. The van der Waals surface area contributed by atoms with E-state index in [2.05, 4.69) is 21.8 Å². The van der Waals surface area contributed by atoms with Crippen molar-refractivity contribution in [1.29, 1.82) is 0 Å². The Bertz CT molecular complexity index is 1510. The van der Waals surface area contributed by atoms with Gasteiger partial charge in [-0.1, -0.05) is 29.8 Å². The number of fused-ring (bicyclic) bond motifs is 4. The molecule has 6 atom stereocenters. The summed E-state index contributed by atoms with van der Waals surface area (Å²) in [5, 5.41) is 9.88. The van der Waals surface area contributed by atoms with E-state index in [0.29, 0.717) is 24.8 Å². The first-order valence-electron chi connectivity index (χ1n) is 15.3. The monoisotopic (exact) mass is 628 g/mol. The van der Waals surface area contributed by atoms with Crippen molar-refractivity contribution in [1.82, 2.24) is 4.72 Å². The van der Waals surface area contributed by atoms with E-state index in [1.54, 1.807) is 32.2 Å². The van der Waals surface area contributed by atoms with E-state index < -0.39 is 21.2 Å². The number of nitrogens with one attached hydrogen (secondary N) is 1. The summed E-state index contributed by atoms with van der Waals surface area (Å²) in [6, 6.07) is 11.4. The Kier molecular flexibility index (Phi) is 8.54. The number of methoxy groups -OCH3 is 1. The van der Waals surface area contributed by atoms with Crippen molar-refractivity contribution in [3.8, 4) is 5.75 Å². The number of hydrogen-bond acceptors (Lipinski definition) is 7. The molecule has 1 spiro atoms. The van der Waals surface area contributed by atoms with Gasteiger partial charge in [0.15, 0.2) is 0 Å². The van der Waals surface area contributed by atoms with Crippen LogP contribution in [0.5, 0.6) is 5.75 Å². The molecular weight excluding hydrogens is 588 g/mol. The van der Waals surface area contributed by atoms with Crippen LogP contribution in [-0.2, 0) is 26.6 Å². The highest BCUT2D eigenvalue weighted by Gasteiger charge is 2.44. The molecule has 2 aliphatic heterocycles. The lowest BCUT2D eigenvalue weighted by molar-refractivity contribution is 0.0129. The van der Waals surface area contributed by atoms with Gasteiger partial charge in [0.25, 0.3) is 5.91 Å². The number of carbonyl (C=O) groups excluding carboxylic acids is 1. The SMILES string of the molecule is CO[C@H]1/C=C/[C@H](CO)C[C@H](C)S(=O)(=O)NC(=O)c2ccc3c(c2)N(C[C@@H]2CC[C@H]21)C[C@@]1(CCCc2cc(Cl)ccc21)CO3. The fraction of sp³-hybridized carbons (Fsp3) is 0.545. The number of halogens is 1. The third-order valence-corrected chi connectivity index (χ3v) is 12.1. The van der Waals surface area contributed by atoms with Crippen LogP contribution < -0.4 is 14.4 Å². The van der Waals surface area contributed by atoms with Crippen molar-refractivity contribution in [3.05, 3.63) is 70.3 Å². The standard InChI is InChI=1S/C33H41ClN2O6S/c1-21-14-22(18-37)5-11-30(41-2)27-9-6-25(27)17-36-19-33(13-3-4-23-15-26(34)8-10-28(23)33)20-42-31-12-7-24(16-29(31)36)32(38)35-43(21,39)40/h5,7-8,10-12,15-16,21-22,25,27,30,37H,3-4,6,9,13-14,17-20H2,1-2H3,(H,35,38)/b11-5+/t21-,22-,25-,27+,30-,33-/m0/s1. The number of amides is 1. The number of aliphatic hydroxyl groups is 1. The predicted molar refractivity (Wildman–Crippen MR) is 167 cm³/mol. The smallest absolute Gasteiger partial charge is 0.264 e. The van der Waals surface area contributed by atoms with Crippen LogP contribution in [0.4, 0.5) is 5.69 Å². The van der Waals surface area contributed by atoms with Crippen LogP contribution >= 0.6 is 11.6 Å². The Hall–Kier alpha value is -2.59. The normalized spacial score (nSPS) is 32.8. The maximum Gasteiger partial charge on any atom is 0.264 e. The largest absolute Gasteiger partial charge is 0.490 e. The van der Waals surface area contributed by atoms with Gasteiger partial charge in [-0.2, -0.15) is 0 Å². The Balaban J connectivity index is 1.43.